The minimum atomic E-state index is -0.173. The smallest absolute Gasteiger partial charge is 0.237 e. The predicted octanol–water partition coefficient (Wildman–Crippen LogP) is 2.98. The van der Waals surface area contributed by atoms with Crippen LogP contribution in [0.3, 0.4) is 0 Å². The summed E-state index contributed by atoms with van der Waals surface area (Å²) in [4.78, 5) is 15.4. The summed E-state index contributed by atoms with van der Waals surface area (Å²) in [5.41, 5.74) is 1.15. The SMILES string of the molecule is O=C(NC1CCCCCC1)[C@@H]1C[C@@H](n2cnnn2)CN1Cc1ccc(Cl)cc1. The van der Waals surface area contributed by atoms with E-state index in [1.165, 1.54) is 25.7 Å². The van der Waals surface area contributed by atoms with Crippen molar-refractivity contribution >= 4 is 17.5 Å². The van der Waals surface area contributed by atoms with Gasteiger partial charge in [0.25, 0.3) is 0 Å². The van der Waals surface area contributed by atoms with Gasteiger partial charge in [-0.3, -0.25) is 9.69 Å². The van der Waals surface area contributed by atoms with E-state index in [-0.39, 0.29) is 18.0 Å². The molecule has 2 atom stereocenters. The maximum atomic E-state index is 13.2. The summed E-state index contributed by atoms with van der Waals surface area (Å²) >= 11 is 6.02. The third-order valence-electron chi connectivity index (χ3n) is 5.92. The van der Waals surface area contributed by atoms with Crippen LogP contribution in [-0.2, 0) is 11.3 Å². The van der Waals surface area contributed by atoms with Crippen LogP contribution in [0.5, 0.6) is 0 Å². The number of amides is 1. The number of carbonyl (C=O) groups excluding carboxylic acids is 1. The summed E-state index contributed by atoms with van der Waals surface area (Å²) in [6, 6.07) is 8.07. The molecule has 8 heteroatoms. The molecule has 2 aromatic rings. The Bertz CT molecular complexity index is 758. The molecule has 1 aromatic heterocycles. The largest absolute Gasteiger partial charge is 0.352 e. The van der Waals surface area contributed by atoms with Gasteiger partial charge < -0.3 is 5.32 Å². The van der Waals surface area contributed by atoms with Gasteiger partial charge in [0.1, 0.15) is 6.33 Å². The number of nitrogens with one attached hydrogen (secondary N) is 1. The van der Waals surface area contributed by atoms with Crippen molar-refractivity contribution in [3.05, 3.63) is 41.2 Å². The number of nitrogens with zero attached hydrogens (tertiary/aromatic N) is 5. The number of benzene rings is 1. The topological polar surface area (TPSA) is 75.9 Å². The minimum Gasteiger partial charge on any atom is -0.352 e. The van der Waals surface area contributed by atoms with E-state index in [4.69, 9.17) is 11.6 Å². The van der Waals surface area contributed by atoms with Crippen molar-refractivity contribution in [2.45, 2.75) is 69.6 Å². The van der Waals surface area contributed by atoms with Gasteiger partial charge in [-0.2, -0.15) is 0 Å². The third-order valence-corrected chi connectivity index (χ3v) is 6.18. The quantitative estimate of drug-likeness (QED) is 0.778. The van der Waals surface area contributed by atoms with Gasteiger partial charge in [-0.25, -0.2) is 4.68 Å². The number of likely N-dealkylation sites (tertiary alicyclic amines) is 1. The number of hydrogen-bond acceptors (Lipinski definition) is 5. The highest BCUT2D eigenvalue weighted by atomic mass is 35.5. The lowest BCUT2D eigenvalue weighted by Crippen LogP contribution is -2.46. The number of aromatic nitrogens is 4. The van der Waals surface area contributed by atoms with Crippen LogP contribution in [0.25, 0.3) is 0 Å². The first-order chi connectivity index (χ1) is 13.7. The summed E-state index contributed by atoms with van der Waals surface area (Å²) in [7, 11) is 0. The minimum absolute atomic E-state index is 0.104. The highest BCUT2D eigenvalue weighted by molar-refractivity contribution is 6.30. The molecule has 7 nitrogen and oxygen atoms in total. The summed E-state index contributed by atoms with van der Waals surface area (Å²) in [5.74, 6) is 0.136. The predicted molar refractivity (Wildman–Crippen MR) is 107 cm³/mol. The molecule has 1 aromatic carbocycles. The fourth-order valence-corrected chi connectivity index (χ4v) is 4.53. The fourth-order valence-electron chi connectivity index (χ4n) is 4.40. The molecule has 150 valence electrons. The average Bonchev–Trinajstić information content (AvgIpc) is 3.29. The molecule has 0 bridgehead atoms. The Morgan fingerprint density at radius 2 is 1.89 bits per heavy atom. The first-order valence-electron chi connectivity index (χ1n) is 10.2. The zero-order valence-electron chi connectivity index (χ0n) is 16.0. The van der Waals surface area contributed by atoms with Crippen molar-refractivity contribution in [1.29, 1.82) is 0 Å². The summed E-state index contributed by atoms with van der Waals surface area (Å²) in [6.07, 6.45) is 9.50. The molecule has 2 fully saturated rings. The van der Waals surface area contributed by atoms with Crippen molar-refractivity contribution in [3.8, 4) is 0 Å². The second kappa shape index (κ2) is 9.01. The van der Waals surface area contributed by atoms with Crippen molar-refractivity contribution in [2.24, 2.45) is 0 Å². The van der Waals surface area contributed by atoms with Crippen LogP contribution >= 0.6 is 11.6 Å². The fraction of sp³-hybridized carbons (Fsp3) is 0.600. The van der Waals surface area contributed by atoms with Gasteiger partial charge >= 0.3 is 0 Å². The van der Waals surface area contributed by atoms with Gasteiger partial charge in [-0.1, -0.05) is 49.4 Å². The van der Waals surface area contributed by atoms with Gasteiger partial charge in [0, 0.05) is 24.2 Å². The maximum Gasteiger partial charge on any atom is 0.237 e. The zero-order valence-corrected chi connectivity index (χ0v) is 16.8. The van der Waals surface area contributed by atoms with Crippen molar-refractivity contribution in [1.82, 2.24) is 30.4 Å². The van der Waals surface area contributed by atoms with Crippen LogP contribution in [0.2, 0.25) is 5.02 Å². The standard InChI is InChI=1S/C20H27ClN6O/c21-16-9-7-15(8-10-16)12-26-13-18(27-14-22-24-25-27)11-19(26)20(28)23-17-5-3-1-2-4-6-17/h7-10,14,17-19H,1-6,11-13H2,(H,23,28)/t18-,19+/m1/s1. The van der Waals surface area contributed by atoms with Crippen LogP contribution in [0.4, 0.5) is 0 Å². The molecule has 2 aliphatic rings. The van der Waals surface area contributed by atoms with Crippen molar-refractivity contribution in [2.75, 3.05) is 6.54 Å². The van der Waals surface area contributed by atoms with E-state index < -0.39 is 0 Å². The monoisotopic (exact) mass is 402 g/mol. The maximum absolute atomic E-state index is 13.2. The van der Waals surface area contributed by atoms with Crippen LogP contribution in [-0.4, -0.2) is 49.6 Å². The van der Waals surface area contributed by atoms with Crippen molar-refractivity contribution < 1.29 is 4.79 Å². The normalized spacial score (nSPS) is 24.2. The first-order valence-corrected chi connectivity index (χ1v) is 10.6. The van der Waals surface area contributed by atoms with Gasteiger partial charge in [-0.05, 0) is 47.4 Å². The molecule has 1 saturated heterocycles. The van der Waals surface area contributed by atoms with E-state index in [0.717, 1.165) is 36.4 Å². The molecule has 0 radical (unpaired) electrons. The van der Waals surface area contributed by atoms with Crippen LogP contribution < -0.4 is 5.32 Å². The second-order valence-electron chi connectivity index (χ2n) is 7.95. The average molecular weight is 403 g/mol. The summed E-state index contributed by atoms with van der Waals surface area (Å²) in [6.45, 7) is 1.45. The van der Waals surface area contributed by atoms with Gasteiger partial charge in [0.15, 0.2) is 0 Å². The lowest BCUT2D eigenvalue weighted by molar-refractivity contribution is -0.126. The number of tetrazole rings is 1. The van der Waals surface area contributed by atoms with E-state index in [9.17, 15) is 4.79 Å². The van der Waals surface area contributed by atoms with E-state index in [2.05, 4.69) is 25.7 Å². The molecule has 1 aliphatic carbocycles. The van der Waals surface area contributed by atoms with E-state index >= 15 is 0 Å². The molecule has 0 unspecified atom stereocenters. The lowest BCUT2D eigenvalue weighted by Gasteiger charge is -2.26. The highest BCUT2D eigenvalue weighted by Gasteiger charge is 2.38. The van der Waals surface area contributed by atoms with Gasteiger partial charge in [-0.15, -0.1) is 5.10 Å². The van der Waals surface area contributed by atoms with E-state index in [1.807, 2.05) is 24.3 Å². The van der Waals surface area contributed by atoms with Crippen LogP contribution in [0.15, 0.2) is 30.6 Å². The summed E-state index contributed by atoms with van der Waals surface area (Å²) < 4.78 is 1.77. The van der Waals surface area contributed by atoms with E-state index in [1.54, 1.807) is 11.0 Å². The Morgan fingerprint density at radius 1 is 1.14 bits per heavy atom. The Balaban J connectivity index is 1.47. The van der Waals surface area contributed by atoms with Crippen LogP contribution in [0.1, 0.15) is 56.6 Å². The Labute approximate surface area is 170 Å². The molecule has 0 spiro atoms. The molecule has 2 heterocycles. The van der Waals surface area contributed by atoms with Gasteiger partial charge in [0.2, 0.25) is 5.91 Å². The van der Waals surface area contributed by atoms with Gasteiger partial charge in [0.05, 0.1) is 12.1 Å². The second-order valence-corrected chi connectivity index (χ2v) is 8.38. The Kier molecular flexibility index (Phi) is 6.22. The zero-order chi connectivity index (χ0) is 19.3. The lowest BCUT2D eigenvalue weighted by atomic mass is 10.1. The molecule has 1 amide bonds. The number of halogens is 1. The van der Waals surface area contributed by atoms with E-state index in [0.29, 0.717) is 12.6 Å². The third kappa shape index (κ3) is 4.70. The molecular formula is C20H27ClN6O. The number of carbonyl (C=O) groups is 1. The number of rotatable bonds is 5. The molecule has 1 N–H and O–H groups in total. The molecule has 28 heavy (non-hydrogen) atoms. The van der Waals surface area contributed by atoms with Crippen LogP contribution in [0, 0.1) is 0 Å². The molecule has 4 rings (SSSR count). The first kappa shape index (κ1) is 19.3. The Hall–Kier alpha value is -1.99. The Morgan fingerprint density at radius 3 is 2.57 bits per heavy atom. The van der Waals surface area contributed by atoms with Crippen molar-refractivity contribution in [3.63, 3.8) is 0 Å². The summed E-state index contributed by atoms with van der Waals surface area (Å²) in [5, 5.41) is 15.6. The molecule has 1 aliphatic heterocycles. The highest BCUT2D eigenvalue weighted by Crippen LogP contribution is 2.29. The number of hydrogen-bond donors (Lipinski definition) is 1. The molecule has 1 saturated carbocycles. The molecular weight excluding hydrogens is 376 g/mol.